The Morgan fingerprint density at radius 1 is 0.882 bits per heavy atom. The predicted octanol–water partition coefficient (Wildman–Crippen LogP) is 5.09. The lowest BCUT2D eigenvalue weighted by atomic mass is 9.90. The van der Waals surface area contributed by atoms with Gasteiger partial charge in [-0.25, -0.2) is 9.69 Å². The molecular formula is C40H48N4O7. The topological polar surface area (TPSA) is 121 Å². The number of rotatable bonds is 11. The van der Waals surface area contributed by atoms with Crippen LogP contribution in [0.1, 0.15) is 73.7 Å². The minimum Gasteiger partial charge on any atom is -0.445 e. The number of aliphatic hydroxyl groups excluding tert-OH is 1. The molecule has 4 aliphatic rings. The van der Waals surface area contributed by atoms with Gasteiger partial charge in [0, 0.05) is 30.6 Å². The fraction of sp³-hybridized carbons (Fsp3) is 0.475. The Balaban J connectivity index is 1.07. The monoisotopic (exact) mass is 696 g/mol. The van der Waals surface area contributed by atoms with E-state index in [4.69, 9.17) is 14.2 Å². The van der Waals surface area contributed by atoms with Crippen molar-refractivity contribution in [2.75, 3.05) is 37.6 Å². The molecule has 4 aliphatic heterocycles. The normalized spacial score (nSPS) is 27.3. The largest absolute Gasteiger partial charge is 0.445 e. The van der Waals surface area contributed by atoms with Gasteiger partial charge in [0.05, 0.1) is 30.9 Å². The molecule has 51 heavy (non-hydrogen) atoms. The first-order chi connectivity index (χ1) is 24.9. The number of benzene rings is 3. The molecule has 0 saturated carbocycles. The summed E-state index contributed by atoms with van der Waals surface area (Å²) in [5.41, 5.74) is 3.73. The van der Waals surface area contributed by atoms with E-state index in [1.54, 1.807) is 18.2 Å². The summed E-state index contributed by atoms with van der Waals surface area (Å²) < 4.78 is 18.8. The van der Waals surface area contributed by atoms with Crippen molar-refractivity contribution in [1.82, 2.24) is 15.1 Å². The van der Waals surface area contributed by atoms with Gasteiger partial charge >= 0.3 is 6.09 Å². The number of nitrogens with one attached hydrogen (secondary N) is 1. The van der Waals surface area contributed by atoms with Crippen molar-refractivity contribution in [1.29, 1.82) is 0 Å². The lowest BCUT2D eigenvalue weighted by Gasteiger charge is -2.43. The second-order valence-electron chi connectivity index (χ2n) is 14.2. The molecule has 4 saturated heterocycles. The summed E-state index contributed by atoms with van der Waals surface area (Å²) in [6.07, 6.45) is 2.81. The summed E-state index contributed by atoms with van der Waals surface area (Å²) in [6, 6.07) is 23.7. The van der Waals surface area contributed by atoms with Crippen molar-refractivity contribution < 1.29 is 33.7 Å². The standard InChI is InChI=1S/C40H48N4O7/c1-27-35(24-43-20-8-13-33(43)23-42-18-5-6-19-42)50-39(51-37(27)30-16-14-28(25-45)15-17-30)31-11-7-12-32(21-31)44-36(46)22-34(38(44)47)41-40(48)49-26-29-9-3-2-4-10-29/h2-4,7,9-12,14-17,21,27,33-35,37,39,45H,5-6,8,13,18-20,22-26H2,1H3,(H,41,48)/t27-,33-,34?,35+,37+,39+/m0/s1. The SMILES string of the molecule is C[C@H]1[C@@H](CN2CCC[C@H]2CN2CCCC2)O[C@@H](c2cccc(N3C(=O)CC(NC(=O)OCc4ccccc4)C3=O)c2)O[C@H]1c1ccc(CO)cc1. The van der Waals surface area contributed by atoms with Gasteiger partial charge in [-0.05, 0) is 74.1 Å². The molecule has 7 rings (SSSR count). The van der Waals surface area contributed by atoms with Crippen LogP contribution in [0.5, 0.6) is 0 Å². The lowest BCUT2D eigenvalue weighted by Crippen LogP contribution is -2.48. The van der Waals surface area contributed by atoms with Crippen molar-refractivity contribution in [2.45, 2.75) is 82.8 Å². The lowest BCUT2D eigenvalue weighted by molar-refractivity contribution is -0.276. The molecule has 0 aromatic heterocycles. The number of aliphatic hydroxyl groups is 1. The Labute approximate surface area is 299 Å². The number of amides is 3. The van der Waals surface area contributed by atoms with Crippen LogP contribution in [-0.4, -0.2) is 83.7 Å². The van der Waals surface area contributed by atoms with E-state index in [1.807, 2.05) is 60.7 Å². The van der Waals surface area contributed by atoms with E-state index in [9.17, 15) is 19.5 Å². The van der Waals surface area contributed by atoms with Crippen LogP contribution in [0, 0.1) is 5.92 Å². The maximum absolute atomic E-state index is 13.5. The van der Waals surface area contributed by atoms with E-state index in [0.29, 0.717) is 17.3 Å². The van der Waals surface area contributed by atoms with Crippen LogP contribution in [0.2, 0.25) is 0 Å². The van der Waals surface area contributed by atoms with Gasteiger partial charge in [0.2, 0.25) is 5.91 Å². The molecule has 0 radical (unpaired) electrons. The van der Waals surface area contributed by atoms with Crippen molar-refractivity contribution in [3.63, 3.8) is 0 Å². The highest BCUT2D eigenvalue weighted by Crippen LogP contribution is 2.43. The molecule has 270 valence electrons. The average Bonchev–Trinajstić information content (AvgIpc) is 3.90. The van der Waals surface area contributed by atoms with Crippen LogP contribution in [0.25, 0.3) is 0 Å². The van der Waals surface area contributed by atoms with E-state index < -0.39 is 30.2 Å². The molecule has 0 bridgehead atoms. The zero-order chi connectivity index (χ0) is 35.3. The van der Waals surface area contributed by atoms with Crippen LogP contribution in [0.15, 0.2) is 78.9 Å². The minimum absolute atomic E-state index is 0.0327. The minimum atomic E-state index is -1.03. The third kappa shape index (κ3) is 8.18. The molecule has 3 amide bonds. The number of hydrogen-bond acceptors (Lipinski definition) is 9. The molecule has 3 aromatic rings. The third-order valence-corrected chi connectivity index (χ3v) is 10.8. The van der Waals surface area contributed by atoms with Gasteiger partial charge in [0.25, 0.3) is 5.91 Å². The van der Waals surface area contributed by atoms with Crippen LogP contribution in [0.4, 0.5) is 10.5 Å². The molecule has 3 aromatic carbocycles. The highest BCUT2D eigenvalue weighted by atomic mass is 16.7. The predicted molar refractivity (Wildman–Crippen MR) is 190 cm³/mol. The van der Waals surface area contributed by atoms with E-state index in [1.165, 1.54) is 38.8 Å². The van der Waals surface area contributed by atoms with E-state index in [2.05, 4.69) is 22.0 Å². The molecule has 6 atom stereocenters. The zero-order valence-corrected chi connectivity index (χ0v) is 29.2. The van der Waals surface area contributed by atoms with Crippen molar-refractivity contribution >= 4 is 23.6 Å². The van der Waals surface area contributed by atoms with E-state index in [-0.39, 0.29) is 37.8 Å². The molecule has 4 fully saturated rings. The number of carbonyl (C=O) groups is 3. The molecule has 11 heteroatoms. The second-order valence-corrected chi connectivity index (χ2v) is 14.2. The summed E-state index contributed by atoms with van der Waals surface area (Å²) in [6.45, 7) is 7.46. The summed E-state index contributed by atoms with van der Waals surface area (Å²) in [7, 11) is 0. The first-order valence-corrected chi connectivity index (χ1v) is 18.3. The van der Waals surface area contributed by atoms with Crippen molar-refractivity contribution in [3.8, 4) is 0 Å². The zero-order valence-electron chi connectivity index (χ0n) is 29.2. The summed E-state index contributed by atoms with van der Waals surface area (Å²) in [5.74, 6) is -0.902. The number of ether oxygens (including phenoxy) is 3. The molecular weight excluding hydrogens is 648 g/mol. The van der Waals surface area contributed by atoms with E-state index in [0.717, 1.165) is 41.2 Å². The number of carbonyl (C=O) groups excluding carboxylic acids is 3. The smallest absolute Gasteiger partial charge is 0.408 e. The van der Waals surface area contributed by atoms with Gasteiger partial charge in [0.15, 0.2) is 6.29 Å². The maximum atomic E-state index is 13.5. The highest BCUT2D eigenvalue weighted by Gasteiger charge is 2.43. The second kappa shape index (κ2) is 16.0. The van der Waals surface area contributed by atoms with Gasteiger partial charge in [0.1, 0.15) is 12.6 Å². The van der Waals surface area contributed by atoms with Crippen molar-refractivity contribution in [3.05, 3.63) is 101 Å². The molecule has 0 spiro atoms. The molecule has 0 aliphatic carbocycles. The molecule has 11 nitrogen and oxygen atoms in total. The van der Waals surface area contributed by atoms with Gasteiger partial charge < -0.3 is 29.5 Å². The molecule has 2 N–H and O–H groups in total. The number of hydrogen-bond donors (Lipinski definition) is 2. The third-order valence-electron chi connectivity index (χ3n) is 10.8. The number of anilines is 1. The van der Waals surface area contributed by atoms with Crippen LogP contribution in [-0.2, 0) is 37.0 Å². The summed E-state index contributed by atoms with van der Waals surface area (Å²) in [5, 5.41) is 12.2. The molecule has 4 heterocycles. The number of likely N-dealkylation sites (tertiary alicyclic amines) is 2. The Bertz CT molecular complexity index is 1660. The van der Waals surface area contributed by atoms with Crippen molar-refractivity contribution in [2.24, 2.45) is 5.92 Å². The van der Waals surface area contributed by atoms with Gasteiger partial charge in [-0.2, -0.15) is 0 Å². The number of alkyl carbamates (subject to hydrolysis) is 1. The van der Waals surface area contributed by atoms with E-state index >= 15 is 0 Å². The van der Waals surface area contributed by atoms with Gasteiger partial charge in [-0.1, -0.05) is 73.7 Å². The highest BCUT2D eigenvalue weighted by molar-refractivity contribution is 6.22. The fourth-order valence-electron chi connectivity index (χ4n) is 7.90. The summed E-state index contributed by atoms with van der Waals surface area (Å²) >= 11 is 0. The average molecular weight is 697 g/mol. The first-order valence-electron chi connectivity index (χ1n) is 18.3. The number of imide groups is 1. The quantitative estimate of drug-likeness (QED) is 0.264. The van der Waals surface area contributed by atoms with Crippen LogP contribution < -0.4 is 10.2 Å². The van der Waals surface area contributed by atoms with Gasteiger partial charge in [-0.3, -0.25) is 14.5 Å². The van der Waals surface area contributed by atoms with Gasteiger partial charge in [-0.15, -0.1) is 0 Å². The van der Waals surface area contributed by atoms with Crippen LogP contribution in [0.3, 0.4) is 0 Å². The first kappa shape index (κ1) is 35.3. The Morgan fingerprint density at radius 2 is 1.67 bits per heavy atom. The fourth-order valence-corrected chi connectivity index (χ4v) is 7.90. The van der Waals surface area contributed by atoms with Crippen LogP contribution >= 0.6 is 0 Å². The Kier molecular flexibility index (Phi) is 11.1. The Hall–Kier alpha value is -4.13. The molecule has 1 unspecified atom stereocenters. The number of nitrogens with zero attached hydrogens (tertiary/aromatic N) is 3. The maximum Gasteiger partial charge on any atom is 0.408 e. The summed E-state index contributed by atoms with van der Waals surface area (Å²) in [4.78, 5) is 45.5. The Morgan fingerprint density at radius 3 is 2.43 bits per heavy atom.